The van der Waals surface area contributed by atoms with Gasteiger partial charge in [0.05, 0.1) is 34.7 Å². The van der Waals surface area contributed by atoms with Gasteiger partial charge in [-0.1, -0.05) is 72.8 Å². The normalized spacial score (nSPS) is 26.3. The van der Waals surface area contributed by atoms with Crippen molar-refractivity contribution in [2.45, 2.75) is 29.0 Å². The first kappa shape index (κ1) is 25.4. The number of para-hydroxylation sites is 1. The van der Waals surface area contributed by atoms with E-state index in [2.05, 4.69) is 4.90 Å². The van der Waals surface area contributed by atoms with Crippen molar-refractivity contribution in [3.05, 3.63) is 96.1 Å². The minimum absolute atomic E-state index is 0.0181. The molecule has 0 radical (unpaired) electrons. The molecule has 2 aliphatic rings. The Morgan fingerprint density at radius 1 is 0.973 bits per heavy atom. The van der Waals surface area contributed by atoms with E-state index in [-0.39, 0.29) is 25.2 Å². The molecule has 0 amide bonds. The van der Waals surface area contributed by atoms with E-state index in [1.54, 1.807) is 19.2 Å². The minimum atomic E-state index is -1.74. The standard InChI is InChI=1S/C30H31NO5S/c1-35-26-15-9-10-16-27(26)37(34)30(23-13-7-4-8-14-23)18-17-25(32)24-20-31(19-22-11-5-3-6-12-22)21-29(24,30)28(33)36-2/h3-16,24H,17-21H2,1-2H3/t24-,29-,30?,37?/m0/s1. The Morgan fingerprint density at radius 2 is 1.62 bits per heavy atom. The van der Waals surface area contributed by atoms with Crippen LogP contribution in [0.15, 0.2) is 89.8 Å². The van der Waals surface area contributed by atoms with Crippen molar-refractivity contribution in [2.24, 2.45) is 11.3 Å². The van der Waals surface area contributed by atoms with Crippen molar-refractivity contribution in [2.75, 3.05) is 27.3 Å². The number of ether oxygens (including phenoxy) is 2. The lowest BCUT2D eigenvalue weighted by Gasteiger charge is -2.51. The third-order valence-corrected chi connectivity index (χ3v) is 10.1. The highest BCUT2D eigenvalue weighted by molar-refractivity contribution is 7.86. The average molecular weight is 518 g/mol. The summed E-state index contributed by atoms with van der Waals surface area (Å²) < 4.78 is 24.8. The largest absolute Gasteiger partial charge is 0.495 e. The molecular weight excluding hydrogens is 486 g/mol. The van der Waals surface area contributed by atoms with E-state index in [9.17, 15) is 13.8 Å². The second-order valence-electron chi connectivity index (χ2n) is 9.75. The topological polar surface area (TPSA) is 72.9 Å². The molecule has 1 heterocycles. The monoisotopic (exact) mass is 517 g/mol. The van der Waals surface area contributed by atoms with Crippen LogP contribution >= 0.6 is 0 Å². The number of nitrogens with zero attached hydrogens (tertiary/aromatic N) is 1. The third kappa shape index (κ3) is 4.01. The lowest BCUT2D eigenvalue weighted by Crippen LogP contribution is -2.62. The van der Waals surface area contributed by atoms with Crippen molar-refractivity contribution in [1.82, 2.24) is 4.90 Å². The molecule has 0 spiro atoms. The number of fused-ring (bicyclic) bond motifs is 1. The number of benzene rings is 3. The highest BCUT2D eigenvalue weighted by atomic mass is 32.2. The molecule has 1 aliphatic heterocycles. The predicted molar refractivity (Wildman–Crippen MR) is 141 cm³/mol. The number of carbonyl (C=O) groups is 2. The Balaban J connectivity index is 1.74. The van der Waals surface area contributed by atoms with Gasteiger partial charge in [-0.05, 0) is 29.7 Å². The van der Waals surface area contributed by atoms with Gasteiger partial charge in [0.2, 0.25) is 0 Å². The van der Waals surface area contributed by atoms with Gasteiger partial charge in [-0.2, -0.15) is 0 Å². The highest BCUT2D eigenvalue weighted by Gasteiger charge is 2.72. The number of Topliss-reactive ketones (excluding diaryl/α,β-unsaturated/α-hetero) is 1. The van der Waals surface area contributed by atoms with Crippen LogP contribution in [0.5, 0.6) is 5.75 Å². The third-order valence-electron chi connectivity index (χ3n) is 7.97. The maximum Gasteiger partial charge on any atom is 0.315 e. The Labute approximate surface area is 220 Å². The van der Waals surface area contributed by atoms with E-state index in [1.165, 1.54) is 7.11 Å². The van der Waals surface area contributed by atoms with Crippen molar-refractivity contribution in [3.63, 3.8) is 0 Å². The summed E-state index contributed by atoms with van der Waals surface area (Å²) in [5.41, 5.74) is 0.521. The summed E-state index contributed by atoms with van der Waals surface area (Å²) >= 11 is 0. The van der Waals surface area contributed by atoms with Crippen LogP contribution in [0.25, 0.3) is 0 Å². The molecule has 3 aromatic carbocycles. The van der Waals surface area contributed by atoms with Gasteiger partial charge in [0.25, 0.3) is 0 Å². The first-order valence-electron chi connectivity index (χ1n) is 12.5. The SMILES string of the molecule is COC(=O)[C@]12CN(Cc3ccccc3)C[C@H]1C(=O)CCC2(c1ccccc1)S(=O)c1ccccc1OC. The van der Waals surface area contributed by atoms with Crippen molar-refractivity contribution >= 4 is 22.6 Å². The van der Waals surface area contributed by atoms with Gasteiger partial charge in [0, 0.05) is 32.0 Å². The van der Waals surface area contributed by atoms with Crippen LogP contribution in [0.4, 0.5) is 0 Å². The number of ketones is 1. The number of hydrogen-bond acceptors (Lipinski definition) is 6. The van der Waals surface area contributed by atoms with E-state index in [0.717, 1.165) is 11.1 Å². The second-order valence-corrected chi connectivity index (χ2v) is 11.4. The molecule has 1 saturated heterocycles. The number of likely N-dealkylation sites (tertiary alicyclic amines) is 1. The van der Waals surface area contributed by atoms with Gasteiger partial charge in [-0.15, -0.1) is 0 Å². The summed E-state index contributed by atoms with van der Waals surface area (Å²) in [5, 5.41) is 0. The van der Waals surface area contributed by atoms with Gasteiger partial charge < -0.3 is 9.47 Å². The molecular formula is C30H31NO5S. The summed E-state index contributed by atoms with van der Waals surface area (Å²) in [5.74, 6) is -0.627. The van der Waals surface area contributed by atoms with Crippen molar-refractivity contribution in [1.29, 1.82) is 0 Å². The fourth-order valence-electron chi connectivity index (χ4n) is 6.37. The Hall–Kier alpha value is -3.29. The molecule has 4 atom stereocenters. The molecule has 0 bridgehead atoms. The number of esters is 1. The van der Waals surface area contributed by atoms with Gasteiger partial charge in [0.1, 0.15) is 16.9 Å². The summed E-state index contributed by atoms with van der Waals surface area (Å²) in [4.78, 5) is 30.2. The molecule has 0 aromatic heterocycles. The van der Waals surface area contributed by atoms with Crippen molar-refractivity contribution < 1.29 is 23.3 Å². The summed E-state index contributed by atoms with van der Waals surface area (Å²) in [7, 11) is 1.16. The van der Waals surface area contributed by atoms with Crippen LogP contribution < -0.4 is 4.74 Å². The quantitative estimate of drug-likeness (QED) is 0.434. The fourth-order valence-corrected chi connectivity index (χ4v) is 8.54. The molecule has 5 rings (SSSR count). The van der Waals surface area contributed by atoms with E-state index in [0.29, 0.717) is 23.7 Å². The Morgan fingerprint density at radius 3 is 2.30 bits per heavy atom. The first-order chi connectivity index (χ1) is 18.0. The predicted octanol–water partition coefficient (Wildman–Crippen LogP) is 4.35. The molecule has 37 heavy (non-hydrogen) atoms. The lowest BCUT2D eigenvalue weighted by molar-refractivity contribution is -0.163. The first-order valence-corrected chi connectivity index (χ1v) is 13.6. The van der Waals surface area contributed by atoms with Gasteiger partial charge in [-0.25, -0.2) is 0 Å². The van der Waals surface area contributed by atoms with Crippen LogP contribution in [-0.2, 0) is 36.4 Å². The fraction of sp³-hybridized carbons (Fsp3) is 0.333. The number of rotatable bonds is 7. The summed E-state index contributed by atoms with van der Waals surface area (Å²) in [6, 6.07) is 26.7. The molecule has 6 nitrogen and oxygen atoms in total. The number of carbonyl (C=O) groups excluding carboxylic acids is 2. The smallest absolute Gasteiger partial charge is 0.315 e. The van der Waals surface area contributed by atoms with Crippen LogP contribution in [-0.4, -0.2) is 48.2 Å². The average Bonchev–Trinajstić information content (AvgIpc) is 3.35. The maximum atomic E-state index is 14.9. The maximum absolute atomic E-state index is 14.9. The molecule has 7 heteroatoms. The van der Waals surface area contributed by atoms with E-state index in [1.807, 2.05) is 72.8 Å². The van der Waals surface area contributed by atoms with Crippen LogP contribution in [0, 0.1) is 11.3 Å². The van der Waals surface area contributed by atoms with E-state index in [4.69, 9.17) is 9.47 Å². The van der Waals surface area contributed by atoms with E-state index >= 15 is 0 Å². The molecule has 1 saturated carbocycles. The van der Waals surface area contributed by atoms with Crippen molar-refractivity contribution in [3.8, 4) is 5.75 Å². The second kappa shape index (κ2) is 10.2. The number of hydrogen-bond donors (Lipinski definition) is 0. The summed E-state index contributed by atoms with van der Waals surface area (Å²) in [6.45, 7) is 1.25. The molecule has 2 fully saturated rings. The Bertz CT molecular complexity index is 1310. The summed E-state index contributed by atoms with van der Waals surface area (Å²) in [6.07, 6.45) is 0.504. The van der Waals surface area contributed by atoms with Crippen LogP contribution in [0.2, 0.25) is 0 Å². The van der Waals surface area contributed by atoms with Crippen LogP contribution in [0.1, 0.15) is 24.0 Å². The lowest BCUT2D eigenvalue weighted by atomic mass is 9.58. The van der Waals surface area contributed by atoms with E-state index < -0.39 is 32.8 Å². The highest BCUT2D eigenvalue weighted by Crippen LogP contribution is 2.61. The zero-order valence-corrected chi connectivity index (χ0v) is 21.9. The zero-order chi connectivity index (χ0) is 26.0. The molecule has 2 unspecified atom stereocenters. The van der Waals surface area contributed by atoms with Gasteiger partial charge in [-0.3, -0.25) is 18.7 Å². The zero-order valence-electron chi connectivity index (χ0n) is 21.1. The minimum Gasteiger partial charge on any atom is -0.495 e. The molecule has 0 N–H and O–H groups in total. The molecule has 3 aromatic rings. The van der Waals surface area contributed by atoms with Gasteiger partial charge >= 0.3 is 5.97 Å². The van der Waals surface area contributed by atoms with Gasteiger partial charge in [0.15, 0.2) is 0 Å². The Kier molecular flexibility index (Phi) is 7.01. The molecule has 1 aliphatic carbocycles. The number of methoxy groups -OCH3 is 2. The van der Waals surface area contributed by atoms with Crippen LogP contribution in [0.3, 0.4) is 0 Å². The molecule has 192 valence electrons.